The third-order valence-corrected chi connectivity index (χ3v) is 3.17. The van der Waals surface area contributed by atoms with Crippen molar-refractivity contribution < 1.29 is 23.0 Å². The molecule has 0 aromatic heterocycles. The molecule has 2 aromatic carbocycles. The fourth-order valence-electron chi connectivity index (χ4n) is 2.10. The highest BCUT2D eigenvalue weighted by Gasteiger charge is 2.12. The van der Waals surface area contributed by atoms with Crippen molar-refractivity contribution in [3.8, 4) is 11.5 Å². The summed E-state index contributed by atoms with van der Waals surface area (Å²) in [6, 6.07) is 11.5. The Balaban J connectivity index is 2.01. The number of amides is 1. The van der Waals surface area contributed by atoms with E-state index in [1.54, 1.807) is 18.2 Å². The van der Waals surface area contributed by atoms with Gasteiger partial charge in [0.15, 0.2) is 0 Å². The number of para-hydroxylation sites is 2. The Morgan fingerprint density at radius 2 is 1.88 bits per heavy atom. The number of hydrogen-bond acceptors (Lipinski definition) is 4. The number of anilines is 2. The molecule has 0 radical (unpaired) electrons. The summed E-state index contributed by atoms with van der Waals surface area (Å²) in [7, 11) is 1.54. The summed E-state index contributed by atoms with van der Waals surface area (Å²) >= 11 is 0. The van der Waals surface area contributed by atoms with E-state index in [4.69, 9.17) is 4.74 Å². The molecular formula is C17H18F2N2O3. The van der Waals surface area contributed by atoms with Crippen molar-refractivity contribution in [1.29, 1.82) is 0 Å². The highest BCUT2D eigenvalue weighted by atomic mass is 19.3. The van der Waals surface area contributed by atoms with Gasteiger partial charge < -0.3 is 20.1 Å². The number of ether oxygens (including phenoxy) is 2. The molecule has 0 aliphatic rings. The van der Waals surface area contributed by atoms with Gasteiger partial charge in [-0.2, -0.15) is 8.78 Å². The van der Waals surface area contributed by atoms with E-state index in [1.165, 1.54) is 19.2 Å². The van der Waals surface area contributed by atoms with Gasteiger partial charge in [-0.3, -0.25) is 4.79 Å². The number of rotatable bonds is 7. The van der Waals surface area contributed by atoms with Crippen LogP contribution in [0.15, 0.2) is 42.5 Å². The fourth-order valence-corrected chi connectivity index (χ4v) is 2.10. The first-order valence-corrected chi connectivity index (χ1v) is 7.22. The lowest BCUT2D eigenvalue weighted by Crippen LogP contribution is -2.22. The molecule has 0 aliphatic carbocycles. The zero-order valence-electron chi connectivity index (χ0n) is 13.3. The Labute approximate surface area is 138 Å². The molecule has 0 saturated heterocycles. The van der Waals surface area contributed by atoms with Crippen molar-refractivity contribution in [3.63, 3.8) is 0 Å². The van der Waals surface area contributed by atoms with Crippen LogP contribution in [0.5, 0.6) is 11.5 Å². The second kappa shape index (κ2) is 8.14. The van der Waals surface area contributed by atoms with Gasteiger partial charge in [0.25, 0.3) is 0 Å². The van der Waals surface area contributed by atoms with Crippen molar-refractivity contribution in [2.24, 2.45) is 0 Å². The second-order valence-corrected chi connectivity index (χ2v) is 4.98. The minimum atomic E-state index is -2.96. The van der Waals surface area contributed by atoms with Crippen LogP contribution in [0.25, 0.3) is 0 Å². The highest BCUT2D eigenvalue weighted by molar-refractivity contribution is 5.95. The van der Waals surface area contributed by atoms with Gasteiger partial charge in [0.05, 0.1) is 25.0 Å². The predicted octanol–water partition coefficient (Wildman–Crippen LogP) is 3.66. The maximum Gasteiger partial charge on any atom is 0.387 e. The molecule has 0 aliphatic heterocycles. The molecule has 0 fully saturated rings. The van der Waals surface area contributed by atoms with E-state index in [0.29, 0.717) is 11.4 Å². The average molecular weight is 336 g/mol. The third-order valence-electron chi connectivity index (χ3n) is 3.17. The van der Waals surface area contributed by atoms with Crippen LogP contribution in [0.2, 0.25) is 0 Å². The molecule has 0 spiro atoms. The standard InChI is InChI=1S/C17H18F2N2O3/c1-11-7-8-14(23-2)13(9-11)20-10-16(22)21-12-5-3-4-6-15(12)24-17(18)19/h3-9,17,20H,10H2,1-2H3,(H,21,22). The number of hydrogen-bond donors (Lipinski definition) is 2. The number of nitrogens with one attached hydrogen (secondary N) is 2. The van der Waals surface area contributed by atoms with Crippen LogP contribution >= 0.6 is 0 Å². The van der Waals surface area contributed by atoms with Gasteiger partial charge >= 0.3 is 6.61 Å². The van der Waals surface area contributed by atoms with E-state index in [9.17, 15) is 13.6 Å². The smallest absolute Gasteiger partial charge is 0.387 e. The first kappa shape index (κ1) is 17.5. The molecule has 5 nitrogen and oxygen atoms in total. The fraction of sp³-hybridized carbons (Fsp3) is 0.235. The van der Waals surface area contributed by atoms with Crippen LogP contribution in [0.1, 0.15) is 5.56 Å². The minimum absolute atomic E-state index is 0.0528. The zero-order valence-corrected chi connectivity index (χ0v) is 13.3. The molecule has 2 aromatic rings. The van der Waals surface area contributed by atoms with Crippen LogP contribution in [0.4, 0.5) is 20.2 Å². The molecule has 128 valence electrons. The van der Waals surface area contributed by atoms with Crippen LogP contribution in [-0.2, 0) is 4.79 Å². The van der Waals surface area contributed by atoms with Gasteiger partial charge in [0.1, 0.15) is 11.5 Å². The van der Waals surface area contributed by atoms with Crippen LogP contribution in [-0.4, -0.2) is 26.2 Å². The predicted molar refractivity (Wildman–Crippen MR) is 87.9 cm³/mol. The van der Waals surface area contributed by atoms with E-state index in [2.05, 4.69) is 15.4 Å². The van der Waals surface area contributed by atoms with Crippen LogP contribution in [0.3, 0.4) is 0 Å². The van der Waals surface area contributed by atoms with E-state index >= 15 is 0 Å². The Bertz CT molecular complexity index is 708. The topological polar surface area (TPSA) is 59.6 Å². The van der Waals surface area contributed by atoms with Gasteiger partial charge in [-0.25, -0.2) is 0 Å². The van der Waals surface area contributed by atoms with Crippen LogP contribution < -0.4 is 20.1 Å². The molecule has 1 amide bonds. The van der Waals surface area contributed by atoms with Gasteiger partial charge in [0.2, 0.25) is 5.91 Å². The Morgan fingerprint density at radius 3 is 2.58 bits per heavy atom. The Hall–Kier alpha value is -2.83. The lowest BCUT2D eigenvalue weighted by molar-refractivity contribution is -0.114. The van der Waals surface area contributed by atoms with Crippen molar-refractivity contribution in [2.45, 2.75) is 13.5 Å². The maximum atomic E-state index is 12.4. The number of alkyl halides is 2. The van der Waals surface area contributed by atoms with Gasteiger partial charge in [0, 0.05) is 0 Å². The van der Waals surface area contributed by atoms with Gasteiger partial charge in [-0.1, -0.05) is 18.2 Å². The van der Waals surface area contributed by atoms with E-state index in [0.717, 1.165) is 5.56 Å². The minimum Gasteiger partial charge on any atom is -0.495 e. The number of halogens is 2. The highest BCUT2D eigenvalue weighted by Crippen LogP contribution is 2.26. The lowest BCUT2D eigenvalue weighted by Gasteiger charge is -2.14. The molecule has 2 rings (SSSR count). The van der Waals surface area contributed by atoms with Crippen molar-refractivity contribution in [1.82, 2.24) is 0 Å². The average Bonchev–Trinajstić information content (AvgIpc) is 2.54. The monoisotopic (exact) mass is 336 g/mol. The summed E-state index contributed by atoms with van der Waals surface area (Å²) in [6.07, 6.45) is 0. The number of carbonyl (C=O) groups is 1. The molecule has 0 heterocycles. The summed E-state index contributed by atoms with van der Waals surface area (Å²) in [5, 5.41) is 5.50. The Morgan fingerprint density at radius 1 is 1.12 bits per heavy atom. The SMILES string of the molecule is COc1ccc(C)cc1NCC(=O)Nc1ccccc1OC(F)F. The van der Waals surface area contributed by atoms with Crippen molar-refractivity contribution in [3.05, 3.63) is 48.0 Å². The number of aryl methyl sites for hydroxylation is 1. The van der Waals surface area contributed by atoms with E-state index < -0.39 is 12.5 Å². The molecular weight excluding hydrogens is 318 g/mol. The third kappa shape index (κ3) is 4.84. The van der Waals surface area contributed by atoms with Gasteiger partial charge in [-0.15, -0.1) is 0 Å². The largest absolute Gasteiger partial charge is 0.495 e. The maximum absolute atomic E-state index is 12.4. The quantitative estimate of drug-likeness (QED) is 0.810. The molecule has 0 saturated carbocycles. The molecule has 0 bridgehead atoms. The van der Waals surface area contributed by atoms with E-state index in [-0.39, 0.29) is 18.0 Å². The van der Waals surface area contributed by atoms with E-state index in [1.807, 2.05) is 19.1 Å². The lowest BCUT2D eigenvalue weighted by atomic mass is 10.2. The summed E-state index contributed by atoms with van der Waals surface area (Å²) in [5.41, 5.74) is 1.86. The number of benzene rings is 2. The number of carbonyl (C=O) groups excluding carboxylic acids is 1. The molecule has 7 heteroatoms. The molecule has 2 N–H and O–H groups in total. The number of methoxy groups -OCH3 is 1. The Kier molecular flexibility index (Phi) is 5.95. The van der Waals surface area contributed by atoms with Crippen molar-refractivity contribution in [2.75, 3.05) is 24.3 Å². The zero-order chi connectivity index (χ0) is 17.5. The first-order chi connectivity index (χ1) is 11.5. The van der Waals surface area contributed by atoms with Crippen molar-refractivity contribution >= 4 is 17.3 Å². The summed E-state index contributed by atoms with van der Waals surface area (Å²) in [4.78, 5) is 12.1. The molecule has 0 unspecified atom stereocenters. The van der Waals surface area contributed by atoms with Gasteiger partial charge in [-0.05, 0) is 36.8 Å². The summed E-state index contributed by atoms with van der Waals surface area (Å²) in [6.45, 7) is -1.09. The normalized spacial score (nSPS) is 10.4. The second-order valence-electron chi connectivity index (χ2n) is 4.98. The first-order valence-electron chi connectivity index (χ1n) is 7.22. The summed E-state index contributed by atoms with van der Waals surface area (Å²) in [5.74, 6) is 0.118. The summed E-state index contributed by atoms with van der Waals surface area (Å²) < 4.78 is 34.3. The van der Waals surface area contributed by atoms with Crippen LogP contribution in [0, 0.1) is 6.92 Å². The molecule has 24 heavy (non-hydrogen) atoms. The molecule has 0 atom stereocenters.